The van der Waals surface area contributed by atoms with Gasteiger partial charge in [0, 0.05) is 19.2 Å². The Bertz CT molecular complexity index is 962. The van der Waals surface area contributed by atoms with E-state index in [1.165, 1.54) is 10.8 Å². The highest BCUT2D eigenvalue weighted by Gasteiger charge is 2.39. The number of rotatable bonds is 8. The van der Waals surface area contributed by atoms with Crippen molar-refractivity contribution < 1.29 is 13.9 Å². The topological polar surface area (TPSA) is 82.6 Å². The predicted molar refractivity (Wildman–Crippen MR) is 129 cm³/mol. The number of nitrogens with zero attached hydrogens (tertiary/aromatic N) is 1. The van der Waals surface area contributed by atoms with E-state index in [2.05, 4.69) is 57.6 Å². The van der Waals surface area contributed by atoms with Gasteiger partial charge in [-0.2, -0.15) is 0 Å². The number of hydrogen-bond acceptors (Lipinski definition) is 5. The molecule has 8 heteroatoms. The third kappa shape index (κ3) is 6.79. The number of ether oxygens (including phenoxy) is 2. The van der Waals surface area contributed by atoms with Gasteiger partial charge in [0.15, 0.2) is 14.6 Å². The fourth-order valence-electron chi connectivity index (χ4n) is 3.02. The summed E-state index contributed by atoms with van der Waals surface area (Å²) in [6.45, 7) is 15.7. The largest absolute Gasteiger partial charge is 0.414 e. The Morgan fingerprint density at radius 3 is 2.56 bits per heavy atom. The van der Waals surface area contributed by atoms with Crippen LogP contribution >= 0.6 is 0 Å². The minimum Gasteiger partial charge on any atom is -0.414 e. The second kappa shape index (κ2) is 11.3. The minimum atomic E-state index is -2.03. The molecule has 2 heterocycles. The Kier molecular flexibility index (Phi) is 9.28. The molecule has 32 heavy (non-hydrogen) atoms. The molecule has 0 fully saturated rings. The van der Waals surface area contributed by atoms with Gasteiger partial charge in [0.25, 0.3) is 5.56 Å². The zero-order valence-electron chi connectivity index (χ0n) is 20.5. The van der Waals surface area contributed by atoms with Crippen LogP contribution in [0.3, 0.4) is 0 Å². The lowest BCUT2D eigenvalue weighted by atomic mass is 10.1. The van der Waals surface area contributed by atoms with Crippen molar-refractivity contribution in [3.63, 3.8) is 0 Å². The molecule has 0 saturated heterocycles. The van der Waals surface area contributed by atoms with E-state index < -0.39 is 38.0 Å². The van der Waals surface area contributed by atoms with Gasteiger partial charge in [-0.15, -0.1) is 0 Å². The average molecular weight is 463 g/mol. The number of aromatic amines is 1. The molecule has 3 atom stereocenters. The molecule has 1 aliphatic heterocycles. The molecule has 1 aliphatic rings. The molecule has 2 rings (SSSR count). The summed E-state index contributed by atoms with van der Waals surface area (Å²) in [4.78, 5) is 27.3. The van der Waals surface area contributed by atoms with Gasteiger partial charge in [0.2, 0.25) is 0 Å². The van der Waals surface area contributed by atoms with Gasteiger partial charge >= 0.3 is 5.69 Å². The maximum Gasteiger partial charge on any atom is 0.329 e. The highest BCUT2D eigenvalue weighted by atomic mass is 28.4. The van der Waals surface area contributed by atoms with E-state index in [1.54, 1.807) is 6.08 Å². The second-order valence-corrected chi connectivity index (χ2v) is 14.4. The van der Waals surface area contributed by atoms with Crippen LogP contribution in [0.25, 0.3) is 0 Å². The lowest BCUT2D eigenvalue weighted by Gasteiger charge is -2.39. The molecule has 0 saturated carbocycles. The Labute approximate surface area is 192 Å². The summed E-state index contributed by atoms with van der Waals surface area (Å²) in [6, 6.07) is -0.447. The first-order valence-corrected chi connectivity index (χ1v) is 14.3. The fraction of sp³-hybridized carbons (Fsp3) is 0.667. The van der Waals surface area contributed by atoms with Crippen molar-refractivity contribution in [1.82, 2.24) is 9.55 Å². The van der Waals surface area contributed by atoms with Gasteiger partial charge in [-0.3, -0.25) is 14.3 Å². The van der Waals surface area contributed by atoms with Crippen molar-refractivity contribution in [2.24, 2.45) is 0 Å². The minimum absolute atomic E-state index is 0.0440. The van der Waals surface area contributed by atoms with Gasteiger partial charge in [0.1, 0.15) is 11.7 Å². The van der Waals surface area contributed by atoms with Crippen LogP contribution in [0.1, 0.15) is 65.5 Å². The highest BCUT2D eigenvalue weighted by Crippen LogP contribution is 2.37. The molecule has 1 aromatic rings. The summed E-state index contributed by atoms with van der Waals surface area (Å²) in [5, 5.41) is 0.0440. The molecule has 7 nitrogen and oxygen atoms in total. The van der Waals surface area contributed by atoms with Gasteiger partial charge in [-0.1, -0.05) is 52.0 Å². The van der Waals surface area contributed by atoms with Crippen LogP contribution in [0.4, 0.5) is 0 Å². The van der Waals surface area contributed by atoms with E-state index in [4.69, 9.17) is 13.9 Å². The monoisotopic (exact) mass is 462 g/mol. The lowest BCUT2D eigenvalue weighted by Crippen LogP contribution is -2.47. The molecule has 1 aromatic heterocycles. The van der Waals surface area contributed by atoms with Crippen molar-refractivity contribution in [1.29, 1.82) is 0 Å². The SMILES string of the molecule is CCCCC#Cc1cn([C@H]2C=C[C@@H](OCC)O[C@@H]2CO[Si](C)(C)C(C)(C)C)c(=O)[nH]c1=O. The second-order valence-electron chi connectivity index (χ2n) is 9.56. The lowest BCUT2D eigenvalue weighted by molar-refractivity contribution is -0.163. The first kappa shape index (κ1) is 26.3. The van der Waals surface area contributed by atoms with E-state index in [9.17, 15) is 9.59 Å². The summed E-state index contributed by atoms with van der Waals surface area (Å²) < 4.78 is 19.6. The first-order chi connectivity index (χ1) is 15.0. The standard InChI is InChI=1S/C24H38N2O5Si/c1-8-10-11-12-13-18-16-26(23(28)25-22(18)27)19-14-15-21(29-9-2)31-20(19)17-30-32(6,7)24(3,4)5/h14-16,19-21H,8-11,17H2,1-7H3,(H,25,27,28)/t19-,20+,21-/m0/s1. The Balaban J connectivity index is 2.38. The van der Waals surface area contributed by atoms with Gasteiger partial charge in [0.05, 0.1) is 12.6 Å². The van der Waals surface area contributed by atoms with Crippen LogP contribution in [0.15, 0.2) is 27.9 Å². The molecule has 178 valence electrons. The normalized spacial score (nSPS) is 21.3. The Morgan fingerprint density at radius 2 is 1.94 bits per heavy atom. The molecular formula is C24H38N2O5Si. The van der Waals surface area contributed by atoms with Crippen LogP contribution in [-0.4, -0.2) is 43.5 Å². The number of hydrogen-bond donors (Lipinski definition) is 1. The van der Waals surface area contributed by atoms with Crippen molar-refractivity contribution in [3.05, 3.63) is 44.8 Å². The maximum atomic E-state index is 12.7. The molecule has 0 unspecified atom stereocenters. The quantitative estimate of drug-likeness (QED) is 0.274. The first-order valence-electron chi connectivity index (χ1n) is 11.4. The van der Waals surface area contributed by atoms with Crippen LogP contribution in [0.2, 0.25) is 18.1 Å². The van der Waals surface area contributed by atoms with Crippen molar-refractivity contribution in [2.75, 3.05) is 13.2 Å². The molecule has 0 bridgehead atoms. The van der Waals surface area contributed by atoms with Crippen LogP contribution in [-0.2, 0) is 13.9 Å². The molecule has 0 aliphatic carbocycles. The van der Waals surface area contributed by atoms with Crippen LogP contribution < -0.4 is 11.2 Å². The summed E-state index contributed by atoms with van der Waals surface area (Å²) in [6.07, 6.45) is 6.96. The Morgan fingerprint density at radius 1 is 1.22 bits per heavy atom. The van der Waals surface area contributed by atoms with Gasteiger partial charge < -0.3 is 13.9 Å². The molecule has 0 aromatic carbocycles. The van der Waals surface area contributed by atoms with Gasteiger partial charge in [-0.05, 0) is 37.6 Å². The van der Waals surface area contributed by atoms with Crippen molar-refractivity contribution in [2.45, 2.75) is 90.4 Å². The summed E-state index contributed by atoms with van der Waals surface area (Å²) >= 11 is 0. The van der Waals surface area contributed by atoms with E-state index >= 15 is 0 Å². The summed E-state index contributed by atoms with van der Waals surface area (Å²) in [7, 11) is -2.03. The van der Waals surface area contributed by atoms with E-state index in [-0.39, 0.29) is 10.6 Å². The maximum absolute atomic E-state index is 12.7. The summed E-state index contributed by atoms with van der Waals surface area (Å²) in [5.41, 5.74) is -0.707. The fourth-order valence-corrected chi connectivity index (χ4v) is 4.04. The van der Waals surface area contributed by atoms with Gasteiger partial charge in [-0.25, -0.2) is 4.79 Å². The number of unbranched alkanes of at least 4 members (excludes halogenated alkanes) is 2. The predicted octanol–water partition coefficient (Wildman–Crippen LogP) is 3.96. The third-order valence-electron chi connectivity index (χ3n) is 6.07. The summed E-state index contributed by atoms with van der Waals surface area (Å²) in [5.74, 6) is 5.92. The van der Waals surface area contributed by atoms with E-state index in [0.29, 0.717) is 19.6 Å². The number of H-pyrrole nitrogens is 1. The van der Waals surface area contributed by atoms with E-state index in [1.807, 2.05) is 13.0 Å². The van der Waals surface area contributed by atoms with E-state index in [0.717, 1.165) is 12.8 Å². The average Bonchev–Trinajstić information content (AvgIpc) is 2.71. The smallest absolute Gasteiger partial charge is 0.329 e. The number of aromatic nitrogens is 2. The third-order valence-corrected chi connectivity index (χ3v) is 10.6. The van der Waals surface area contributed by atoms with Crippen molar-refractivity contribution >= 4 is 8.32 Å². The molecule has 1 N–H and O–H groups in total. The number of nitrogens with one attached hydrogen (secondary N) is 1. The highest BCUT2D eigenvalue weighted by molar-refractivity contribution is 6.74. The van der Waals surface area contributed by atoms with Crippen LogP contribution in [0, 0.1) is 11.8 Å². The molecule has 0 amide bonds. The molecular weight excluding hydrogens is 424 g/mol. The van der Waals surface area contributed by atoms with Crippen molar-refractivity contribution in [3.8, 4) is 11.8 Å². The zero-order chi connectivity index (χ0) is 23.9. The van der Waals surface area contributed by atoms with Crippen LogP contribution in [0.5, 0.6) is 0 Å². The zero-order valence-corrected chi connectivity index (χ0v) is 21.5. The Hall–Kier alpha value is -1.92. The molecule has 0 spiro atoms. The molecule has 0 radical (unpaired) electrons.